The monoisotopic (exact) mass is 573 g/mol. The quantitative estimate of drug-likeness (QED) is 0.236. The number of carbonyl (C=O) groups is 3. The van der Waals surface area contributed by atoms with Gasteiger partial charge in [0, 0.05) is 18.7 Å². The van der Waals surface area contributed by atoms with Crippen LogP contribution >= 0.6 is 0 Å². The molecule has 222 valence electrons. The summed E-state index contributed by atoms with van der Waals surface area (Å²) in [5.74, 6) is -0.921. The van der Waals surface area contributed by atoms with Crippen molar-refractivity contribution in [3.05, 3.63) is 102 Å². The molecule has 0 aliphatic heterocycles. The van der Waals surface area contributed by atoms with E-state index in [4.69, 9.17) is 4.74 Å². The Kier molecular flexibility index (Phi) is 10.4. The summed E-state index contributed by atoms with van der Waals surface area (Å²) in [7, 11) is 0. The number of para-hydroxylation sites is 1. The molecule has 2 unspecified atom stereocenters. The molecule has 0 spiro atoms. The van der Waals surface area contributed by atoms with Gasteiger partial charge in [0.15, 0.2) is 0 Å². The lowest BCUT2D eigenvalue weighted by atomic mass is 9.98. The van der Waals surface area contributed by atoms with E-state index in [2.05, 4.69) is 17.2 Å². The molecular weight excluding hydrogens is 534 g/mol. The molecule has 0 bridgehead atoms. The van der Waals surface area contributed by atoms with Gasteiger partial charge in [-0.15, -0.1) is 6.58 Å². The number of ether oxygens (including phenoxy) is 1. The zero-order valence-electron chi connectivity index (χ0n) is 24.7. The Morgan fingerprint density at radius 1 is 0.976 bits per heavy atom. The molecule has 3 aromatic rings. The summed E-state index contributed by atoms with van der Waals surface area (Å²) in [5.41, 5.74) is 2.27. The van der Waals surface area contributed by atoms with Crippen molar-refractivity contribution >= 4 is 23.6 Å². The number of phenolic OH excluding ortho intramolecular Hbond substituents is 2. The molecular formula is C33H39N3O6. The van der Waals surface area contributed by atoms with E-state index < -0.39 is 35.6 Å². The number of carbonyl (C=O) groups excluding carboxylic acids is 3. The van der Waals surface area contributed by atoms with Gasteiger partial charge in [-0.1, -0.05) is 42.5 Å². The third-order valence-corrected chi connectivity index (χ3v) is 6.47. The molecule has 9 heteroatoms. The molecule has 0 aliphatic carbocycles. The van der Waals surface area contributed by atoms with E-state index in [0.717, 1.165) is 5.56 Å². The fourth-order valence-electron chi connectivity index (χ4n) is 4.42. The zero-order chi connectivity index (χ0) is 31.0. The van der Waals surface area contributed by atoms with Crippen molar-refractivity contribution in [1.29, 1.82) is 0 Å². The first-order chi connectivity index (χ1) is 19.8. The summed E-state index contributed by atoms with van der Waals surface area (Å²) in [6.45, 7) is 12.5. The number of aryl methyl sites for hydroxylation is 2. The van der Waals surface area contributed by atoms with Crippen LogP contribution in [0.5, 0.6) is 11.5 Å². The predicted molar refractivity (Wildman–Crippen MR) is 162 cm³/mol. The van der Waals surface area contributed by atoms with Crippen LogP contribution in [0.3, 0.4) is 0 Å². The maximum absolute atomic E-state index is 14.3. The van der Waals surface area contributed by atoms with Crippen molar-refractivity contribution in [2.75, 3.05) is 11.9 Å². The van der Waals surface area contributed by atoms with Crippen LogP contribution in [0.15, 0.2) is 79.4 Å². The molecule has 42 heavy (non-hydrogen) atoms. The van der Waals surface area contributed by atoms with Gasteiger partial charge in [-0.3, -0.25) is 9.59 Å². The van der Waals surface area contributed by atoms with Gasteiger partial charge in [0.2, 0.25) is 5.91 Å². The Bertz CT molecular complexity index is 1430. The summed E-state index contributed by atoms with van der Waals surface area (Å²) in [6, 6.07) is 16.0. The van der Waals surface area contributed by atoms with Crippen LogP contribution in [-0.2, 0) is 20.7 Å². The molecule has 0 saturated heterocycles. The minimum atomic E-state index is -1.14. The van der Waals surface area contributed by atoms with Crippen molar-refractivity contribution in [3.8, 4) is 11.5 Å². The van der Waals surface area contributed by atoms with Gasteiger partial charge in [0.05, 0.1) is 0 Å². The fourth-order valence-corrected chi connectivity index (χ4v) is 4.42. The Morgan fingerprint density at radius 3 is 2.24 bits per heavy atom. The molecule has 0 saturated carbocycles. The maximum Gasteiger partial charge on any atom is 0.408 e. The number of amides is 3. The highest BCUT2D eigenvalue weighted by molar-refractivity contribution is 5.99. The number of anilines is 1. The number of alkyl carbamates (subject to hydrolysis) is 1. The fraction of sp³-hybridized carbons (Fsp3) is 0.303. The predicted octanol–water partition coefficient (Wildman–Crippen LogP) is 5.55. The largest absolute Gasteiger partial charge is 0.508 e. The third-order valence-electron chi connectivity index (χ3n) is 6.47. The van der Waals surface area contributed by atoms with E-state index in [1.807, 2.05) is 19.1 Å². The highest BCUT2D eigenvalue weighted by Gasteiger charge is 2.36. The van der Waals surface area contributed by atoms with Gasteiger partial charge in [-0.2, -0.15) is 0 Å². The Labute approximate surface area is 246 Å². The number of rotatable bonds is 10. The number of hydrogen-bond donors (Lipinski definition) is 4. The lowest BCUT2D eigenvalue weighted by Crippen LogP contribution is -2.53. The average Bonchev–Trinajstić information content (AvgIpc) is 2.91. The van der Waals surface area contributed by atoms with Crippen LogP contribution in [0.1, 0.15) is 49.1 Å². The molecule has 0 aromatic heterocycles. The Hall–Kier alpha value is -4.79. The van der Waals surface area contributed by atoms with Crippen molar-refractivity contribution in [1.82, 2.24) is 10.2 Å². The molecule has 0 radical (unpaired) electrons. The van der Waals surface area contributed by atoms with E-state index in [-0.39, 0.29) is 24.5 Å². The zero-order valence-corrected chi connectivity index (χ0v) is 24.7. The number of aromatic hydroxyl groups is 2. The Balaban J connectivity index is 2.08. The van der Waals surface area contributed by atoms with E-state index in [9.17, 15) is 24.6 Å². The standard InChI is InChI=1S/C33H39N3O6/c1-7-18-36(31(40)27(35-32(41)42-33(4,5)6)20-23-12-15-25(37)16-13-23)29(24-14-17-28(38)22(3)19-24)30(39)34-26-11-9-8-10-21(26)2/h7-17,19,27,29,37-38H,1,18,20H2,2-6H3,(H,34,39)(H,35,41). The smallest absolute Gasteiger partial charge is 0.408 e. The second-order valence-corrected chi connectivity index (χ2v) is 11.1. The molecule has 3 amide bonds. The molecule has 2 atom stereocenters. The Morgan fingerprint density at radius 2 is 1.64 bits per heavy atom. The van der Waals surface area contributed by atoms with Crippen LogP contribution in [0.4, 0.5) is 10.5 Å². The molecule has 0 fully saturated rings. The SMILES string of the molecule is C=CCN(C(=O)C(Cc1ccc(O)cc1)NC(=O)OC(C)(C)C)C(C(=O)Nc1ccccc1C)c1ccc(O)c(C)c1. The van der Waals surface area contributed by atoms with E-state index in [1.54, 1.807) is 64.1 Å². The summed E-state index contributed by atoms with van der Waals surface area (Å²) < 4.78 is 5.44. The van der Waals surface area contributed by atoms with E-state index in [0.29, 0.717) is 22.4 Å². The number of benzene rings is 3. The molecule has 3 aromatic carbocycles. The average molecular weight is 574 g/mol. The normalized spacial score (nSPS) is 12.5. The first kappa shape index (κ1) is 31.7. The van der Waals surface area contributed by atoms with Gasteiger partial charge in [0.25, 0.3) is 5.91 Å². The minimum absolute atomic E-state index is 0.0211. The van der Waals surface area contributed by atoms with Crippen molar-refractivity contribution in [2.45, 2.75) is 58.7 Å². The van der Waals surface area contributed by atoms with Crippen LogP contribution in [0.2, 0.25) is 0 Å². The molecule has 0 heterocycles. The molecule has 4 N–H and O–H groups in total. The van der Waals surface area contributed by atoms with Crippen LogP contribution in [0.25, 0.3) is 0 Å². The van der Waals surface area contributed by atoms with Gasteiger partial charge in [0.1, 0.15) is 29.2 Å². The number of hydrogen-bond acceptors (Lipinski definition) is 6. The van der Waals surface area contributed by atoms with Gasteiger partial charge >= 0.3 is 6.09 Å². The minimum Gasteiger partial charge on any atom is -0.508 e. The van der Waals surface area contributed by atoms with Crippen LogP contribution < -0.4 is 10.6 Å². The van der Waals surface area contributed by atoms with E-state index in [1.165, 1.54) is 29.2 Å². The van der Waals surface area contributed by atoms with Crippen molar-refractivity contribution in [2.24, 2.45) is 0 Å². The number of nitrogens with one attached hydrogen (secondary N) is 2. The highest BCUT2D eigenvalue weighted by Crippen LogP contribution is 2.29. The first-order valence-corrected chi connectivity index (χ1v) is 13.6. The molecule has 3 rings (SSSR count). The van der Waals surface area contributed by atoms with Gasteiger partial charge in [-0.05, 0) is 87.2 Å². The summed E-state index contributed by atoms with van der Waals surface area (Å²) >= 11 is 0. The molecule has 9 nitrogen and oxygen atoms in total. The summed E-state index contributed by atoms with van der Waals surface area (Å²) in [5, 5.41) is 25.5. The number of phenols is 2. The van der Waals surface area contributed by atoms with Gasteiger partial charge < -0.3 is 30.5 Å². The lowest BCUT2D eigenvalue weighted by Gasteiger charge is -2.34. The van der Waals surface area contributed by atoms with Crippen molar-refractivity contribution < 1.29 is 29.3 Å². The van der Waals surface area contributed by atoms with Crippen molar-refractivity contribution in [3.63, 3.8) is 0 Å². The topological polar surface area (TPSA) is 128 Å². The highest BCUT2D eigenvalue weighted by atomic mass is 16.6. The van der Waals surface area contributed by atoms with Crippen LogP contribution in [0, 0.1) is 13.8 Å². The summed E-state index contributed by atoms with van der Waals surface area (Å²) in [4.78, 5) is 42.5. The van der Waals surface area contributed by atoms with Crippen LogP contribution in [-0.4, -0.2) is 51.2 Å². The maximum atomic E-state index is 14.3. The second kappa shape index (κ2) is 13.7. The van der Waals surface area contributed by atoms with E-state index >= 15 is 0 Å². The lowest BCUT2D eigenvalue weighted by molar-refractivity contribution is -0.140. The summed E-state index contributed by atoms with van der Waals surface area (Å²) in [6.07, 6.45) is 0.774. The molecule has 0 aliphatic rings. The third kappa shape index (κ3) is 8.60. The van der Waals surface area contributed by atoms with Gasteiger partial charge in [-0.25, -0.2) is 4.79 Å². The second-order valence-electron chi connectivity index (χ2n) is 11.1. The number of nitrogens with zero attached hydrogens (tertiary/aromatic N) is 1. The first-order valence-electron chi connectivity index (χ1n) is 13.6.